The molecule has 0 aliphatic carbocycles. The zero-order chi connectivity index (χ0) is 25.8. The summed E-state index contributed by atoms with van der Waals surface area (Å²) in [6, 6.07) is 24.1. The van der Waals surface area contributed by atoms with Crippen LogP contribution in [0, 0.1) is 6.92 Å². The lowest BCUT2D eigenvalue weighted by atomic mass is 9.95. The fourth-order valence-electron chi connectivity index (χ4n) is 4.29. The smallest absolute Gasteiger partial charge is 0.242 e. The molecule has 6 heteroatoms. The quantitative estimate of drug-likeness (QED) is 0.251. The van der Waals surface area contributed by atoms with Crippen molar-refractivity contribution < 1.29 is 14.3 Å². The molecule has 1 atom stereocenters. The van der Waals surface area contributed by atoms with Gasteiger partial charge in [-0.05, 0) is 49.9 Å². The van der Waals surface area contributed by atoms with Crippen molar-refractivity contribution in [3.05, 3.63) is 93.7 Å². The zero-order valence-electron chi connectivity index (χ0n) is 21.7. The molecule has 2 amide bonds. The fraction of sp³-hybridized carbons (Fsp3) is 0.400. The third-order valence-electron chi connectivity index (χ3n) is 6.18. The molecular formula is C30H38N2O3S. The number of aryl methyl sites for hydroxylation is 1. The highest BCUT2D eigenvalue weighted by molar-refractivity contribution is 7.11. The van der Waals surface area contributed by atoms with E-state index in [1.54, 1.807) is 16.2 Å². The van der Waals surface area contributed by atoms with Crippen molar-refractivity contribution in [3.8, 4) is 0 Å². The summed E-state index contributed by atoms with van der Waals surface area (Å²) in [5, 5.41) is 0. The summed E-state index contributed by atoms with van der Waals surface area (Å²) < 4.78 is 5.52. The van der Waals surface area contributed by atoms with Gasteiger partial charge in [0.15, 0.2) is 0 Å². The predicted molar refractivity (Wildman–Crippen MR) is 147 cm³/mol. The van der Waals surface area contributed by atoms with Gasteiger partial charge in [-0.15, -0.1) is 11.3 Å². The van der Waals surface area contributed by atoms with Crippen molar-refractivity contribution >= 4 is 23.2 Å². The lowest BCUT2D eigenvalue weighted by Crippen LogP contribution is -2.44. The molecule has 3 aromatic rings. The predicted octanol–water partition coefficient (Wildman–Crippen LogP) is 6.03. The Morgan fingerprint density at radius 1 is 0.889 bits per heavy atom. The first-order valence-corrected chi connectivity index (χ1v) is 13.6. The van der Waals surface area contributed by atoms with Crippen LogP contribution in [0.2, 0.25) is 0 Å². The van der Waals surface area contributed by atoms with E-state index in [0.717, 1.165) is 16.0 Å². The topological polar surface area (TPSA) is 49.9 Å². The van der Waals surface area contributed by atoms with Gasteiger partial charge in [0.05, 0.1) is 19.0 Å². The van der Waals surface area contributed by atoms with Gasteiger partial charge in [-0.3, -0.25) is 9.59 Å². The molecular weight excluding hydrogens is 468 g/mol. The van der Waals surface area contributed by atoms with E-state index in [1.165, 1.54) is 4.88 Å². The lowest BCUT2D eigenvalue weighted by Gasteiger charge is -2.30. The van der Waals surface area contributed by atoms with Crippen LogP contribution in [-0.2, 0) is 27.4 Å². The number of carbonyl (C=O) groups is 2. The molecule has 3 rings (SSSR count). The molecule has 0 fully saturated rings. The molecule has 0 saturated carbocycles. The molecule has 0 N–H and O–H groups in total. The second kappa shape index (κ2) is 14.6. The van der Waals surface area contributed by atoms with Crippen LogP contribution in [-0.4, -0.2) is 47.9 Å². The van der Waals surface area contributed by atoms with Gasteiger partial charge in [-0.2, -0.15) is 0 Å². The number of amides is 2. The van der Waals surface area contributed by atoms with E-state index in [2.05, 4.69) is 19.1 Å². The highest BCUT2D eigenvalue weighted by Crippen LogP contribution is 2.23. The van der Waals surface area contributed by atoms with E-state index < -0.39 is 0 Å². The number of carbonyl (C=O) groups excluding carboxylic acids is 2. The van der Waals surface area contributed by atoms with Gasteiger partial charge in [0.1, 0.15) is 0 Å². The first kappa shape index (κ1) is 27.6. The van der Waals surface area contributed by atoms with Crippen LogP contribution in [0.25, 0.3) is 0 Å². The molecule has 1 aromatic heterocycles. The van der Waals surface area contributed by atoms with E-state index >= 15 is 0 Å². The maximum absolute atomic E-state index is 13.7. The maximum Gasteiger partial charge on any atom is 0.242 e. The monoisotopic (exact) mass is 506 g/mol. The summed E-state index contributed by atoms with van der Waals surface area (Å²) >= 11 is 1.70. The second-order valence-electron chi connectivity index (χ2n) is 8.93. The Balaban J connectivity index is 1.80. The Hall–Kier alpha value is -2.96. The normalized spacial score (nSPS) is 11.8. The van der Waals surface area contributed by atoms with E-state index in [1.807, 2.05) is 79.4 Å². The molecule has 0 spiro atoms. The molecule has 0 aliphatic heterocycles. The minimum Gasteiger partial charge on any atom is -0.382 e. The average molecular weight is 507 g/mol. The molecule has 0 aliphatic rings. The zero-order valence-corrected chi connectivity index (χ0v) is 22.5. The molecule has 0 radical (unpaired) electrons. The number of thiophene rings is 1. The molecule has 1 heterocycles. The minimum absolute atomic E-state index is 0.000164. The summed E-state index contributed by atoms with van der Waals surface area (Å²) in [5.74, 6) is -0.314. The van der Waals surface area contributed by atoms with Crippen molar-refractivity contribution in [2.45, 2.75) is 52.6 Å². The van der Waals surface area contributed by atoms with Crippen LogP contribution in [0.3, 0.4) is 0 Å². The molecule has 192 valence electrons. The van der Waals surface area contributed by atoms with Crippen molar-refractivity contribution in [1.82, 2.24) is 9.80 Å². The first-order chi connectivity index (χ1) is 17.5. The Kier molecular flexibility index (Phi) is 11.2. The summed E-state index contributed by atoms with van der Waals surface area (Å²) in [6.45, 7) is 8.86. The number of benzene rings is 2. The summed E-state index contributed by atoms with van der Waals surface area (Å²) in [4.78, 5) is 33.4. The SMILES string of the molecule is CCOCCCN(CC(=O)N(Cc1ccccc1)Cc1ccc(C)s1)C(=O)[C@@H](CC)c1ccccc1. The molecule has 0 unspecified atom stereocenters. The number of hydrogen-bond donors (Lipinski definition) is 0. The number of hydrogen-bond acceptors (Lipinski definition) is 4. The fourth-order valence-corrected chi connectivity index (χ4v) is 5.19. The van der Waals surface area contributed by atoms with Crippen LogP contribution in [0.15, 0.2) is 72.8 Å². The first-order valence-electron chi connectivity index (χ1n) is 12.8. The molecule has 0 bridgehead atoms. The molecule has 2 aromatic carbocycles. The minimum atomic E-state index is -0.270. The average Bonchev–Trinajstić information content (AvgIpc) is 3.31. The van der Waals surface area contributed by atoms with Crippen molar-refractivity contribution in [2.75, 3.05) is 26.3 Å². The van der Waals surface area contributed by atoms with Crippen LogP contribution in [0.5, 0.6) is 0 Å². The summed E-state index contributed by atoms with van der Waals surface area (Å²) in [5.41, 5.74) is 2.06. The van der Waals surface area contributed by atoms with Gasteiger partial charge in [-0.25, -0.2) is 0 Å². The molecule has 5 nitrogen and oxygen atoms in total. The van der Waals surface area contributed by atoms with Gasteiger partial charge in [0.2, 0.25) is 11.8 Å². The molecule has 0 saturated heterocycles. The number of rotatable bonds is 14. The standard InChI is InChI=1S/C30H38N2O3S/c1-4-28(26-15-10-7-11-16-26)30(34)31(19-12-20-35-5-2)23-29(33)32(21-25-13-8-6-9-14-25)22-27-18-17-24(3)36-27/h6-11,13-18,28H,4-5,12,19-23H2,1-3H3/t28-/m0/s1. The number of ether oxygens (including phenoxy) is 1. The van der Waals surface area contributed by atoms with Crippen molar-refractivity contribution in [3.63, 3.8) is 0 Å². The van der Waals surface area contributed by atoms with E-state index in [9.17, 15) is 9.59 Å². The Morgan fingerprint density at radius 3 is 2.19 bits per heavy atom. The largest absolute Gasteiger partial charge is 0.382 e. The summed E-state index contributed by atoms with van der Waals surface area (Å²) in [7, 11) is 0. The van der Waals surface area contributed by atoms with E-state index in [4.69, 9.17) is 4.74 Å². The van der Waals surface area contributed by atoms with E-state index in [0.29, 0.717) is 45.7 Å². The highest BCUT2D eigenvalue weighted by Gasteiger charge is 2.27. The van der Waals surface area contributed by atoms with Crippen molar-refractivity contribution in [1.29, 1.82) is 0 Å². The Labute approximate surface area is 219 Å². The van der Waals surface area contributed by atoms with E-state index in [-0.39, 0.29) is 24.3 Å². The van der Waals surface area contributed by atoms with Crippen LogP contribution in [0.4, 0.5) is 0 Å². The van der Waals surface area contributed by atoms with Gasteiger partial charge in [-0.1, -0.05) is 67.6 Å². The van der Waals surface area contributed by atoms with Gasteiger partial charge >= 0.3 is 0 Å². The Bertz CT molecular complexity index is 1070. The van der Waals surface area contributed by atoms with Crippen LogP contribution in [0.1, 0.15) is 53.5 Å². The number of nitrogens with zero attached hydrogens (tertiary/aromatic N) is 2. The highest BCUT2D eigenvalue weighted by atomic mass is 32.1. The third kappa shape index (κ3) is 8.32. The van der Waals surface area contributed by atoms with Gasteiger partial charge in [0.25, 0.3) is 0 Å². The summed E-state index contributed by atoms with van der Waals surface area (Å²) in [6.07, 6.45) is 1.38. The van der Waals surface area contributed by atoms with Crippen molar-refractivity contribution in [2.24, 2.45) is 0 Å². The Morgan fingerprint density at radius 2 is 1.58 bits per heavy atom. The second-order valence-corrected chi connectivity index (χ2v) is 10.3. The molecule has 36 heavy (non-hydrogen) atoms. The van der Waals surface area contributed by atoms with Gasteiger partial charge < -0.3 is 14.5 Å². The third-order valence-corrected chi connectivity index (χ3v) is 7.16. The lowest BCUT2D eigenvalue weighted by molar-refractivity contribution is -0.142. The van der Waals surface area contributed by atoms with Crippen LogP contribution < -0.4 is 0 Å². The maximum atomic E-state index is 13.7. The van der Waals surface area contributed by atoms with Crippen LogP contribution >= 0.6 is 11.3 Å². The van der Waals surface area contributed by atoms with Gasteiger partial charge in [0, 0.05) is 36.1 Å².